The molecule has 0 fully saturated rings. The first kappa shape index (κ1) is 22.7. The maximum atomic E-state index is 13.2. The fourth-order valence-corrected chi connectivity index (χ4v) is 5.42. The summed E-state index contributed by atoms with van der Waals surface area (Å²) in [6.07, 6.45) is 4.13. The lowest BCUT2D eigenvalue weighted by Gasteiger charge is -2.38. The Morgan fingerprint density at radius 2 is 1.73 bits per heavy atom. The maximum Gasteiger partial charge on any atom is 0.257 e. The van der Waals surface area contributed by atoms with Crippen LogP contribution in [-0.2, 0) is 0 Å². The molecule has 2 N–H and O–H groups in total. The highest BCUT2D eigenvalue weighted by molar-refractivity contribution is 9.10. The first-order valence-corrected chi connectivity index (χ1v) is 13.3. The number of thioether (sulfide) groups is 1. The zero-order chi connectivity index (χ0) is 23.1. The highest BCUT2D eigenvalue weighted by Gasteiger charge is 2.36. The molecular weight excluding hydrogens is 564 g/mol. The second kappa shape index (κ2) is 9.25. The van der Waals surface area contributed by atoms with E-state index in [4.69, 9.17) is 4.98 Å². The van der Waals surface area contributed by atoms with Gasteiger partial charge in [0.15, 0.2) is 5.16 Å². The number of H-pyrrole nitrogens is 1. The summed E-state index contributed by atoms with van der Waals surface area (Å²) in [6, 6.07) is 16.5. The zero-order valence-electron chi connectivity index (χ0n) is 18.2. The summed E-state index contributed by atoms with van der Waals surface area (Å²) in [5, 5.41) is 4.16. The van der Waals surface area contributed by atoms with E-state index in [0.29, 0.717) is 16.5 Å². The summed E-state index contributed by atoms with van der Waals surface area (Å²) in [5.41, 5.74) is 6.23. The van der Waals surface area contributed by atoms with Gasteiger partial charge in [-0.3, -0.25) is 9.69 Å². The number of likely N-dealkylation sites (N-methyl/N-ethyl adjacent to an activating group) is 1. The van der Waals surface area contributed by atoms with Crippen molar-refractivity contribution in [1.82, 2.24) is 14.9 Å². The van der Waals surface area contributed by atoms with E-state index < -0.39 is 0 Å². The molecule has 168 valence electrons. The highest BCUT2D eigenvalue weighted by atomic mass is 79.9. The van der Waals surface area contributed by atoms with Crippen LogP contribution in [0.15, 0.2) is 84.3 Å². The number of aromatic amines is 1. The summed E-state index contributed by atoms with van der Waals surface area (Å²) in [4.78, 5) is 23.2. The SMILES string of the molecule is CSc1nc2c(c(=O)[nH]1)C(c1ccc(Br)cc1)C1=C(N2)/C(=C/c2ccc(Br)cc2)CN(C)C1. The Balaban J connectivity index is 1.72. The topological polar surface area (TPSA) is 61.0 Å². The Kier molecular flexibility index (Phi) is 6.35. The third-order valence-electron chi connectivity index (χ3n) is 5.94. The molecule has 1 atom stereocenters. The lowest BCUT2D eigenvalue weighted by Crippen LogP contribution is -2.38. The molecule has 0 aliphatic carbocycles. The number of rotatable bonds is 3. The molecule has 2 aliphatic heterocycles. The quantitative estimate of drug-likeness (QED) is 0.298. The lowest BCUT2D eigenvalue weighted by molar-refractivity contribution is 0.375. The monoisotopic (exact) mass is 584 g/mol. The third kappa shape index (κ3) is 4.49. The normalized spacial score (nSPS) is 19.3. The van der Waals surface area contributed by atoms with Crippen LogP contribution >= 0.6 is 43.6 Å². The molecule has 0 spiro atoms. The molecule has 0 amide bonds. The van der Waals surface area contributed by atoms with Gasteiger partial charge in [-0.05, 0) is 65.9 Å². The van der Waals surface area contributed by atoms with Crippen LogP contribution < -0.4 is 10.9 Å². The van der Waals surface area contributed by atoms with Crippen LogP contribution in [0.4, 0.5) is 5.82 Å². The number of nitrogens with one attached hydrogen (secondary N) is 2. The van der Waals surface area contributed by atoms with Crippen LogP contribution in [0.2, 0.25) is 0 Å². The Hall–Kier alpha value is -2.13. The minimum atomic E-state index is -0.174. The van der Waals surface area contributed by atoms with Gasteiger partial charge < -0.3 is 10.3 Å². The average Bonchev–Trinajstić information content (AvgIpc) is 2.80. The molecular formula is C25H22Br2N4OS. The van der Waals surface area contributed by atoms with Gasteiger partial charge in [-0.2, -0.15) is 0 Å². The first-order valence-electron chi connectivity index (χ1n) is 10.5. The van der Waals surface area contributed by atoms with E-state index in [9.17, 15) is 4.79 Å². The standard InChI is InChI=1S/C25H22Br2N4OS/c1-31-12-16(11-14-3-7-17(26)8-4-14)22-19(13-31)20(15-5-9-18(27)10-6-15)21-23(28-22)29-25(33-2)30-24(21)32/h3-11,20H,12-13H2,1-2H3,(H2,28,29,30,32)/b16-11+. The van der Waals surface area contributed by atoms with Crippen LogP contribution in [0.1, 0.15) is 22.6 Å². The minimum absolute atomic E-state index is 0.0945. The molecule has 0 saturated heterocycles. The van der Waals surface area contributed by atoms with Crippen molar-refractivity contribution in [3.8, 4) is 0 Å². The van der Waals surface area contributed by atoms with E-state index in [-0.39, 0.29) is 11.5 Å². The molecule has 1 unspecified atom stereocenters. The molecule has 0 radical (unpaired) electrons. The molecule has 3 aromatic rings. The largest absolute Gasteiger partial charge is 0.339 e. The molecule has 2 aromatic carbocycles. The molecule has 5 rings (SSSR count). The van der Waals surface area contributed by atoms with Gasteiger partial charge in [-0.25, -0.2) is 4.98 Å². The number of hydrogen-bond acceptors (Lipinski definition) is 5. The minimum Gasteiger partial charge on any atom is -0.339 e. The van der Waals surface area contributed by atoms with Crippen LogP contribution in [0, 0.1) is 0 Å². The Labute approximate surface area is 213 Å². The number of hydrogen-bond donors (Lipinski definition) is 2. The van der Waals surface area contributed by atoms with Gasteiger partial charge in [0.05, 0.1) is 5.56 Å². The lowest BCUT2D eigenvalue weighted by atomic mass is 9.79. The fraction of sp³-hybridized carbons (Fsp3) is 0.200. The second-order valence-electron chi connectivity index (χ2n) is 8.24. The number of fused-ring (bicyclic) bond motifs is 1. The van der Waals surface area contributed by atoms with E-state index in [1.807, 2.05) is 30.5 Å². The van der Waals surface area contributed by atoms with E-state index in [0.717, 1.165) is 38.9 Å². The predicted molar refractivity (Wildman–Crippen MR) is 143 cm³/mol. The molecule has 33 heavy (non-hydrogen) atoms. The third-order valence-corrected chi connectivity index (χ3v) is 7.58. The molecule has 0 bridgehead atoms. The van der Waals surface area contributed by atoms with Crippen molar-refractivity contribution in [1.29, 1.82) is 0 Å². The fourth-order valence-electron chi connectivity index (χ4n) is 4.51. The van der Waals surface area contributed by atoms with Crippen molar-refractivity contribution in [3.05, 3.63) is 101 Å². The summed E-state index contributed by atoms with van der Waals surface area (Å²) >= 11 is 8.49. The Bertz CT molecular complexity index is 1330. The van der Waals surface area contributed by atoms with Crippen molar-refractivity contribution in [2.45, 2.75) is 11.1 Å². The van der Waals surface area contributed by atoms with Crippen LogP contribution in [0.3, 0.4) is 0 Å². The average molecular weight is 586 g/mol. The van der Waals surface area contributed by atoms with Crippen molar-refractivity contribution in [3.63, 3.8) is 0 Å². The van der Waals surface area contributed by atoms with Crippen molar-refractivity contribution in [2.24, 2.45) is 0 Å². The highest BCUT2D eigenvalue weighted by Crippen LogP contribution is 2.43. The van der Waals surface area contributed by atoms with Gasteiger partial charge in [-0.15, -0.1) is 0 Å². The van der Waals surface area contributed by atoms with Gasteiger partial charge in [-0.1, -0.05) is 67.9 Å². The number of benzene rings is 2. The first-order chi connectivity index (χ1) is 15.9. The van der Waals surface area contributed by atoms with E-state index in [1.54, 1.807) is 0 Å². The molecule has 1 aromatic heterocycles. The number of aromatic nitrogens is 2. The maximum absolute atomic E-state index is 13.2. The summed E-state index contributed by atoms with van der Waals surface area (Å²) in [6.45, 7) is 1.58. The van der Waals surface area contributed by atoms with Crippen molar-refractivity contribution < 1.29 is 0 Å². The molecule has 0 saturated carbocycles. The van der Waals surface area contributed by atoms with E-state index in [1.165, 1.54) is 22.9 Å². The van der Waals surface area contributed by atoms with E-state index >= 15 is 0 Å². The predicted octanol–water partition coefficient (Wildman–Crippen LogP) is 5.86. The van der Waals surface area contributed by atoms with Gasteiger partial charge in [0.2, 0.25) is 0 Å². The van der Waals surface area contributed by atoms with Crippen molar-refractivity contribution >= 4 is 55.5 Å². The van der Waals surface area contributed by atoms with Crippen molar-refractivity contribution in [2.75, 3.05) is 31.7 Å². The second-order valence-corrected chi connectivity index (χ2v) is 10.9. The molecule has 8 heteroatoms. The van der Waals surface area contributed by atoms with E-state index in [2.05, 4.69) is 84.4 Å². The van der Waals surface area contributed by atoms with Gasteiger partial charge >= 0.3 is 0 Å². The van der Waals surface area contributed by atoms with Crippen LogP contribution in [0.5, 0.6) is 0 Å². The summed E-state index contributed by atoms with van der Waals surface area (Å²) in [5.74, 6) is 0.466. The number of anilines is 1. The number of halogens is 2. The number of nitrogens with zero attached hydrogens (tertiary/aromatic N) is 2. The Morgan fingerprint density at radius 3 is 2.39 bits per heavy atom. The summed E-state index contributed by atoms with van der Waals surface area (Å²) < 4.78 is 2.06. The Morgan fingerprint density at radius 1 is 1.06 bits per heavy atom. The zero-order valence-corrected chi connectivity index (χ0v) is 22.1. The van der Waals surface area contributed by atoms with Crippen LogP contribution in [-0.4, -0.2) is 41.3 Å². The van der Waals surface area contributed by atoms with Gasteiger partial charge in [0.1, 0.15) is 5.82 Å². The van der Waals surface area contributed by atoms with Gasteiger partial charge in [0.25, 0.3) is 5.56 Å². The molecule has 5 nitrogen and oxygen atoms in total. The summed E-state index contributed by atoms with van der Waals surface area (Å²) in [7, 11) is 2.12. The van der Waals surface area contributed by atoms with Crippen LogP contribution in [0.25, 0.3) is 6.08 Å². The molecule has 3 heterocycles. The molecule has 2 aliphatic rings. The smallest absolute Gasteiger partial charge is 0.257 e. The van der Waals surface area contributed by atoms with Gasteiger partial charge in [0, 0.05) is 33.6 Å².